The minimum absolute atomic E-state index is 0.616. The molecule has 1 N–H and O–H groups in total. The summed E-state index contributed by atoms with van der Waals surface area (Å²) in [6.07, 6.45) is 1.07. The van der Waals surface area contributed by atoms with Crippen LogP contribution in [0.2, 0.25) is 0 Å². The largest absolute Gasteiger partial charge is 0.360 e. The number of aromatic nitrogens is 4. The number of thioether (sulfide) groups is 1. The van der Waals surface area contributed by atoms with Gasteiger partial charge < -0.3 is 9.84 Å². The van der Waals surface area contributed by atoms with E-state index in [0.717, 1.165) is 22.4 Å². The number of rotatable bonds is 6. The Morgan fingerprint density at radius 1 is 1.41 bits per heavy atom. The van der Waals surface area contributed by atoms with E-state index in [2.05, 4.69) is 32.6 Å². The molecule has 0 aromatic carbocycles. The van der Waals surface area contributed by atoms with Gasteiger partial charge in [-0.3, -0.25) is 0 Å². The fourth-order valence-corrected chi connectivity index (χ4v) is 2.71. The van der Waals surface area contributed by atoms with E-state index in [9.17, 15) is 0 Å². The lowest BCUT2D eigenvalue weighted by Crippen LogP contribution is -1.98. The first-order valence-electron chi connectivity index (χ1n) is 5.27. The van der Waals surface area contributed by atoms with Crippen LogP contribution in [0.1, 0.15) is 25.1 Å². The van der Waals surface area contributed by atoms with Gasteiger partial charge in [-0.2, -0.15) is 4.98 Å². The third kappa shape index (κ3) is 3.67. The predicted octanol–water partition coefficient (Wildman–Crippen LogP) is 2.34. The molecule has 0 spiro atoms. The summed E-state index contributed by atoms with van der Waals surface area (Å²) in [4.78, 5) is 4.12. The van der Waals surface area contributed by atoms with Crippen LogP contribution < -0.4 is 5.32 Å². The Kier molecular flexibility index (Phi) is 4.32. The Bertz CT molecular complexity index is 469. The van der Waals surface area contributed by atoms with Crippen molar-refractivity contribution in [2.75, 3.05) is 11.9 Å². The van der Waals surface area contributed by atoms with E-state index in [4.69, 9.17) is 4.52 Å². The predicted molar refractivity (Wildman–Crippen MR) is 67.3 cm³/mol. The van der Waals surface area contributed by atoms with Crippen LogP contribution in [-0.4, -0.2) is 26.9 Å². The minimum atomic E-state index is 0.616. The van der Waals surface area contributed by atoms with Gasteiger partial charge in [0.05, 0.1) is 5.75 Å². The molecule has 17 heavy (non-hydrogen) atoms. The molecule has 2 aromatic rings. The fourth-order valence-electron chi connectivity index (χ4n) is 1.09. The monoisotopic (exact) mass is 271 g/mol. The molecule has 0 saturated carbocycles. The number of anilines is 1. The third-order valence-electron chi connectivity index (χ3n) is 1.82. The van der Waals surface area contributed by atoms with Crippen LogP contribution in [0.25, 0.3) is 0 Å². The highest BCUT2D eigenvalue weighted by molar-refractivity contribution is 8.00. The molecule has 0 atom stereocenters. The van der Waals surface area contributed by atoms with Crippen LogP contribution in [0.3, 0.4) is 0 Å². The fraction of sp³-hybridized carbons (Fsp3) is 0.556. The number of aryl methyl sites for hydroxylation is 1. The zero-order valence-corrected chi connectivity index (χ0v) is 11.3. The van der Waals surface area contributed by atoms with E-state index in [-0.39, 0.29) is 0 Å². The molecule has 0 unspecified atom stereocenters. The van der Waals surface area contributed by atoms with Gasteiger partial charge in [0.25, 0.3) is 0 Å². The Labute approximate surface area is 107 Å². The van der Waals surface area contributed by atoms with Crippen molar-refractivity contribution >= 4 is 28.2 Å². The molecule has 0 fully saturated rings. The summed E-state index contributed by atoms with van der Waals surface area (Å²) in [5.41, 5.74) is 0. The van der Waals surface area contributed by atoms with Crippen LogP contribution in [0.15, 0.2) is 8.86 Å². The van der Waals surface area contributed by atoms with Crippen LogP contribution in [0.5, 0.6) is 0 Å². The maximum atomic E-state index is 5.02. The summed E-state index contributed by atoms with van der Waals surface area (Å²) in [6, 6.07) is 0. The molecule has 2 heterocycles. The molecule has 0 aliphatic carbocycles. The Morgan fingerprint density at radius 3 is 3.00 bits per heavy atom. The van der Waals surface area contributed by atoms with Crippen LogP contribution in [0.4, 0.5) is 5.13 Å². The SMILES string of the molecule is CCCNc1nnc(SCc2nc(C)no2)s1. The van der Waals surface area contributed by atoms with Crippen LogP contribution in [-0.2, 0) is 5.75 Å². The van der Waals surface area contributed by atoms with Crippen LogP contribution in [0, 0.1) is 6.92 Å². The second-order valence-corrected chi connectivity index (χ2v) is 5.52. The smallest absolute Gasteiger partial charge is 0.237 e. The summed E-state index contributed by atoms with van der Waals surface area (Å²) < 4.78 is 5.92. The molecule has 0 amide bonds. The van der Waals surface area contributed by atoms with Gasteiger partial charge in [-0.15, -0.1) is 10.2 Å². The highest BCUT2D eigenvalue weighted by Crippen LogP contribution is 2.27. The zero-order chi connectivity index (χ0) is 12.1. The molecule has 6 nitrogen and oxygen atoms in total. The number of hydrogen-bond donors (Lipinski definition) is 1. The lowest BCUT2D eigenvalue weighted by molar-refractivity contribution is 0.387. The first-order chi connectivity index (χ1) is 8.28. The third-order valence-corrected chi connectivity index (χ3v) is 3.82. The molecular weight excluding hydrogens is 258 g/mol. The van der Waals surface area contributed by atoms with Gasteiger partial charge in [0.15, 0.2) is 10.2 Å². The molecule has 2 rings (SSSR count). The van der Waals surface area contributed by atoms with E-state index in [1.165, 1.54) is 11.3 Å². The summed E-state index contributed by atoms with van der Waals surface area (Å²) >= 11 is 3.09. The number of nitrogens with zero attached hydrogens (tertiary/aromatic N) is 4. The van der Waals surface area contributed by atoms with Crippen molar-refractivity contribution in [2.24, 2.45) is 0 Å². The summed E-state index contributed by atoms with van der Waals surface area (Å²) in [6.45, 7) is 4.83. The van der Waals surface area contributed by atoms with Gasteiger partial charge in [-0.1, -0.05) is 35.2 Å². The normalized spacial score (nSPS) is 10.7. The Hall–Kier alpha value is -1.15. The van der Waals surface area contributed by atoms with E-state index in [0.29, 0.717) is 17.5 Å². The average Bonchev–Trinajstić information content (AvgIpc) is 2.93. The second-order valence-electron chi connectivity index (χ2n) is 3.32. The molecular formula is C9H13N5OS2. The lowest BCUT2D eigenvalue weighted by atomic mass is 10.5. The molecule has 0 radical (unpaired) electrons. The first-order valence-corrected chi connectivity index (χ1v) is 7.07. The van der Waals surface area contributed by atoms with Crippen molar-refractivity contribution < 1.29 is 4.52 Å². The Balaban J connectivity index is 1.84. The van der Waals surface area contributed by atoms with Crippen molar-refractivity contribution in [2.45, 2.75) is 30.4 Å². The van der Waals surface area contributed by atoms with Crippen molar-refractivity contribution in [1.29, 1.82) is 0 Å². The van der Waals surface area contributed by atoms with E-state index < -0.39 is 0 Å². The lowest BCUT2D eigenvalue weighted by Gasteiger charge is -1.95. The highest BCUT2D eigenvalue weighted by atomic mass is 32.2. The maximum absolute atomic E-state index is 5.02. The summed E-state index contributed by atoms with van der Waals surface area (Å²) in [5, 5.41) is 15.9. The number of hydrogen-bond acceptors (Lipinski definition) is 8. The molecule has 0 bridgehead atoms. The maximum Gasteiger partial charge on any atom is 0.237 e. The number of nitrogens with one attached hydrogen (secondary N) is 1. The van der Waals surface area contributed by atoms with Gasteiger partial charge in [0, 0.05) is 6.54 Å². The van der Waals surface area contributed by atoms with E-state index >= 15 is 0 Å². The van der Waals surface area contributed by atoms with Crippen molar-refractivity contribution in [3.63, 3.8) is 0 Å². The summed E-state index contributed by atoms with van der Waals surface area (Å²) in [7, 11) is 0. The van der Waals surface area contributed by atoms with Gasteiger partial charge in [-0.05, 0) is 13.3 Å². The Morgan fingerprint density at radius 2 is 2.29 bits per heavy atom. The molecule has 0 aliphatic heterocycles. The molecule has 0 saturated heterocycles. The van der Waals surface area contributed by atoms with E-state index in [1.54, 1.807) is 18.7 Å². The molecule has 0 aliphatic rings. The van der Waals surface area contributed by atoms with Crippen LogP contribution >= 0.6 is 23.1 Å². The first kappa shape index (κ1) is 12.3. The molecule has 8 heteroatoms. The van der Waals surface area contributed by atoms with Gasteiger partial charge in [0.2, 0.25) is 11.0 Å². The minimum Gasteiger partial charge on any atom is -0.360 e. The van der Waals surface area contributed by atoms with Crippen molar-refractivity contribution in [3.05, 3.63) is 11.7 Å². The summed E-state index contributed by atoms with van der Waals surface area (Å²) in [5.74, 6) is 1.90. The van der Waals surface area contributed by atoms with Crippen molar-refractivity contribution in [3.8, 4) is 0 Å². The highest BCUT2D eigenvalue weighted by Gasteiger charge is 2.07. The average molecular weight is 271 g/mol. The second kappa shape index (κ2) is 5.97. The topological polar surface area (TPSA) is 76.7 Å². The molecule has 92 valence electrons. The quantitative estimate of drug-likeness (QED) is 0.808. The standard InChI is InChI=1S/C9H13N5OS2/c1-3-4-10-8-12-13-9(17-8)16-5-7-11-6(2)14-15-7/h3-5H2,1-2H3,(H,10,12). The van der Waals surface area contributed by atoms with Gasteiger partial charge >= 0.3 is 0 Å². The van der Waals surface area contributed by atoms with Gasteiger partial charge in [-0.25, -0.2) is 0 Å². The van der Waals surface area contributed by atoms with Crippen molar-refractivity contribution in [1.82, 2.24) is 20.3 Å². The molecule has 2 aromatic heterocycles. The van der Waals surface area contributed by atoms with Gasteiger partial charge in [0.1, 0.15) is 0 Å². The van der Waals surface area contributed by atoms with E-state index in [1.807, 2.05) is 0 Å². The zero-order valence-electron chi connectivity index (χ0n) is 9.63.